The summed E-state index contributed by atoms with van der Waals surface area (Å²) < 4.78 is 1.60. The van der Waals surface area contributed by atoms with Crippen molar-refractivity contribution >= 4 is 149 Å². The minimum atomic E-state index is -1.84. The molecule has 6 rings (SSSR count). The third-order valence-corrected chi connectivity index (χ3v) is 10.7. The van der Waals surface area contributed by atoms with Crippen molar-refractivity contribution in [3.8, 4) is 0 Å². The van der Waals surface area contributed by atoms with Gasteiger partial charge in [0.25, 0.3) is 0 Å². The average molecular weight is 991 g/mol. The van der Waals surface area contributed by atoms with Gasteiger partial charge in [-0.05, 0) is 55.7 Å². The number of carbonyl (C=O) groups is 2. The Balaban J connectivity index is 0.000000231. The number of halogens is 6. The lowest BCUT2D eigenvalue weighted by Crippen LogP contribution is -2.55. The van der Waals surface area contributed by atoms with Crippen LogP contribution in [0.2, 0.25) is 0 Å². The molecule has 2 aliphatic rings. The van der Waals surface area contributed by atoms with Crippen LogP contribution in [0.3, 0.4) is 0 Å². The number of pyridine rings is 2. The molecule has 61 heavy (non-hydrogen) atoms. The molecular weight excluding hydrogens is 947 g/mol. The van der Waals surface area contributed by atoms with Crippen LogP contribution in [-0.4, -0.2) is 126 Å². The molecule has 326 valence electrons. The quantitative estimate of drug-likeness (QED) is 0.0459. The molecule has 2 aromatic heterocycles. The number of nitrogens with one attached hydrogen (secondary N) is 6. The van der Waals surface area contributed by atoms with E-state index in [9.17, 15) is 9.59 Å². The van der Waals surface area contributed by atoms with E-state index in [1.54, 1.807) is 24.8 Å². The largest absolute Gasteiger partial charge is 0.378 e. The number of anilines is 2. The second kappa shape index (κ2) is 23.1. The maximum Gasteiger partial charge on any atom is 0.247 e. The fourth-order valence-electron chi connectivity index (χ4n) is 5.81. The lowest BCUT2D eigenvalue weighted by molar-refractivity contribution is -0.118. The molecule has 2 unspecified atom stereocenters. The van der Waals surface area contributed by atoms with Gasteiger partial charge in [-0.1, -0.05) is 106 Å². The third kappa shape index (κ3) is 15.9. The van der Waals surface area contributed by atoms with E-state index in [1.165, 1.54) is 12.2 Å². The molecule has 0 saturated carbocycles. The van der Waals surface area contributed by atoms with Gasteiger partial charge in [0, 0.05) is 87.0 Å². The number of ether oxygens (including phenoxy) is 1. The Hall–Kier alpha value is -3.68. The lowest BCUT2D eigenvalue weighted by atomic mass is 10.2. The average Bonchev–Trinajstić information content (AvgIpc) is 3.22. The summed E-state index contributed by atoms with van der Waals surface area (Å²) in [5.41, 5.74) is 2.87. The number of hydrogen-bond acceptors (Lipinski definition) is 10. The number of para-hydroxylation sites is 2. The molecular formula is C39H43Cl6N11O3S2. The molecule has 4 aromatic rings. The van der Waals surface area contributed by atoms with Crippen molar-refractivity contribution in [1.29, 1.82) is 0 Å². The molecule has 2 atom stereocenters. The number of amides is 2. The number of aromatic nitrogens is 2. The minimum absolute atomic E-state index is 0.168. The summed E-state index contributed by atoms with van der Waals surface area (Å²) in [6, 6.07) is 18.9. The van der Waals surface area contributed by atoms with Crippen molar-refractivity contribution in [2.24, 2.45) is 0 Å². The van der Waals surface area contributed by atoms with Crippen molar-refractivity contribution in [1.82, 2.24) is 45.9 Å². The normalized spacial score (nSPS) is 16.0. The van der Waals surface area contributed by atoms with Gasteiger partial charge in [0.1, 0.15) is 12.3 Å². The van der Waals surface area contributed by atoms with Crippen molar-refractivity contribution in [3.05, 3.63) is 97.6 Å². The van der Waals surface area contributed by atoms with Crippen LogP contribution >= 0.6 is 94.0 Å². The summed E-state index contributed by atoms with van der Waals surface area (Å²) >= 11 is 47.0. The molecule has 22 heteroatoms. The van der Waals surface area contributed by atoms with E-state index in [-0.39, 0.29) is 10.2 Å². The Kier molecular flexibility index (Phi) is 18.3. The maximum absolute atomic E-state index is 12.4. The number of nitrogens with zero attached hydrogens (tertiary/aromatic N) is 5. The van der Waals surface area contributed by atoms with Gasteiger partial charge in [0.2, 0.25) is 19.4 Å². The van der Waals surface area contributed by atoms with Crippen molar-refractivity contribution in [2.45, 2.75) is 19.9 Å². The zero-order chi connectivity index (χ0) is 44.0. The molecule has 2 aromatic carbocycles. The molecule has 2 amide bonds. The highest BCUT2D eigenvalue weighted by Gasteiger charge is 2.35. The Labute approximate surface area is 394 Å². The summed E-state index contributed by atoms with van der Waals surface area (Å²) in [5, 5.41) is 19.3. The number of benzene rings is 2. The molecule has 0 aliphatic carbocycles. The Morgan fingerprint density at radius 2 is 1.05 bits per heavy atom. The Morgan fingerprint density at radius 1 is 0.639 bits per heavy atom. The zero-order valence-corrected chi connectivity index (χ0v) is 38.8. The first-order valence-corrected chi connectivity index (χ1v) is 21.8. The molecule has 4 heterocycles. The molecule has 6 N–H and O–H groups in total. The monoisotopic (exact) mass is 987 g/mol. The van der Waals surface area contributed by atoms with Crippen LogP contribution in [0.15, 0.2) is 97.6 Å². The first-order valence-electron chi connectivity index (χ1n) is 18.7. The maximum atomic E-state index is 12.4. The van der Waals surface area contributed by atoms with E-state index in [0.717, 1.165) is 48.0 Å². The predicted octanol–water partition coefficient (Wildman–Crippen LogP) is 6.27. The molecule has 2 aliphatic heterocycles. The predicted molar refractivity (Wildman–Crippen MR) is 256 cm³/mol. The van der Waals surface area contributed by atoms with Gasteiger partial charge in [-0.3, -0.25) is 19.6 Å². The first-order chi connectivity index (χ1) is 29.0. The molecule has 2 fully saturated rings. The number of fused-ring (bicyclic) bond motifs is 2. The van der Waals surface area contributed by atoms with Crippen LogP contribution < -0.4 is 31.9 Å². The number of morpholine rings is 1. The smallest absolute Gasteiger partial charge is 0.247 e. The van der Waals surface area contributed by atoms with Crippen LogP contribution in [0.25, 0.3) is 21.8 Å². The Bertz CT molecular complexity index is 2190. The SMILES string of the molecule is CN1CCN(/C=C/C(=O)NC(NC(=S)Nc2cccc3cccnc23)C(Cl)(Cl)Cl)CC1.O=C(/C=C/N1CCOCC1)NC(NC(=S)Nc1cccc2cccnc12)C(Cl)(Cl)Cl. The van der Waals surface area contributed by atoms with Crippen LogP contribution in [-0.2, 0) is 14.3 Å². The number of carbonyl (C=O) groups excluding carboxylic acids is 2. The summed E-state index contributed by atoms with van der Waals surface area (Å²) in [6.45, 7) is 6.23. The van der Waals surface area contributed by atoms with Gasteiger partial charge in [0.05, 0.1) is 35.6 Å². The number of likely N-dealkylation sites (N-methyl/N-ethyl adjacent to an activating group) is 1. The van der Waals surface area contributed by atoms with Crippen LogP contribution in [0.5, 0.6) is 0 Å². The number of hydrogen-bond donors (Lipinski definition) is 6. The standard InChI is InChI=1S/C20H23Cl3N6OS.C19H20Cl3N5O2S/c1-28-10-12-29(13-11-28)9-7-16(30)26-18(20(21,22)23)27-19(31)25-15-6-2-4-14-5-3-8-24-17(14)15;20-19(21,22)17(25-15(28)6-8-27-9-11-29-12-10-27)26-18(30)24-14-5-1-3-13-4-2-7-23-16(13)14/h2-9,18H,10-13H2,1H3,(H,26,30)(H2,25,27,31);1-8,17H,9-12H2,(H,25,28)(H2,24,26,30)/b9-7+;8-6+. The fourth-order valence-corrected chi connectivity index (χ4v) is 6.92. The second-order valence-electron chi connectivity index (χ2n) is 13.5. The fraction of sp³-hybridized carbons (Fsp3) is 0.333. The molecule has 0 radical (unpaired) electrons. The van der Waals surface area contributed by atoms with E-state index in [0.29, 0.717) is 37.7 Å². The van der Waals surface area contributed by atoms with E-state index in [1.807, 2.05) is 65.6 Å². The topological polar surface area (TPSA) is 151 Å². The number of thiocarbonyl (C=S) groups is 2. The number of alkyl halides is 6. The first kappa shape index (κ1) is 48.4. The minimum Gasteiger partial charge on any atom is -0.378 e. The molecule has 0 bridgehead atoms. The van der Waals surface area contributed by atoms with E-state index >= 15 is 0 Å². The van der Waals surface area contributed by atoms with Crippen molar-refractivity contribution in [3.63, 3.8) is 0 Å². The van der Waals surface area contributed by atoms with E-state index in [2.05, 4.69) is 58.7 Å². The third-order valence-electron chi connectivity index (χ3n) is 9.00. The second-order valence-corrected chi connectivity index (χ2v) is 19.1. The van der Waals surface area contributed by atoms with Gasteiger partial charge in [-0.25, -0.2) is 0 Å². The summed E-state index contributed by atoms with van der Waals surface area (Å²) in [4.78, 5) is 39.7. The molecule has 2 saturated heterocycles. The highest BCUT2D eigenvalue weighted by atomic mass is 35.6. The van der Waals surface area contributed by atoms with Gasteiger partial charge in [-0.2, -0.15) is 0 Å². The van der Waals surface area contributed by atoms with Crippen molar-refractivity contribution in [2.75, 3.05) is 70.2 Å². The number of piperazine rings is 1. The zero-order valence-electron chi connectivity index (χ0n) is 32.6. The van der Waals surface area contributed by atoms with Crippen LogP contribution in [0.1, 0.15) is 0 Å². The highest BCUT2D eigenvalue weighted by Crippen LogP contribution is 2.30. The molecule has 14 nitrogen and oxygen atoms in total. The summed E-state index contributed by atoms with van der Waals surface area (Å²) in [6.07, 6.45) is 7.50. The van der Waals surface area contributed by atoms with Crippen LogP contribution in [0.4, 0.5) is 11.4 Å². The van der Waals surface area contributed by atoms with E-state index < -0.39 is 31.7 Å². The van der Waals surface area contributed by atoms with Gasteiger partial charge >= 0.3 is 0 Å². The Morgan fingerprint density at radius 3 is 1.48 bits per heavy atom. The summed E-state index contributed by atoms with van der Waals surface area (Å²) in [5.74, 6) is -0.836. The molecule has 0 spiro atoms. The summed E-state index contributed by atoms with van der Waals surface area (Å²) in [7, 11) is 2.07. The highest BCUT2D eigenvalue weighted by molar-refractivity contribution is 7.80. The van der Waals surface area contributed by atoms with Gasteiger partial charge in [0.15, 0.2) is 10.2 Å². The van der Waals surface area contributed by atoms with Gasteiger partial charge < -0.3 is 51.3 Å². The number of rotatable bonds is 10. The van der Waals surface area contributed by atoms with Crippen molar-refractivity contribution < 1.29 is 14.3 Å². The lowest BCUT2D eigenvalue weighted by Gasteiger charge is -2.31. The van der Waals surface area contributed by atoms with E-state index in [4.69, 9.17) is 98.8 Å². The van der Waals surface area contributed by atoms with Gasteiger partial charge in [-0.15, -0.1) is 0 Å². The van der Waals surface area contributed by atoms with Crippen LogP contribution in [0, 0.1) is 0 Å².